The van der Waals surface area contributed by atoms with Gasteiger partial charge < -0.3 is 0 Å². The number of halogens is 1. The van der Waals surface area contributed by atoms with Crippen molar-refractivity contribution >= 4 is 11.6 Å². The zero-order chi connectivity index (χ0) is 7.56. The van der Waals surface area contributed by atoms with E-state index in [1.54, 1.807) is 6.20 Å². The first-order valence-electron chi connectivity index (χ1n) is 3.22. The summed E-state index contributed by atoms with van der Waals surface area (Å²) in [5.74, 6) is 0.724. The summed E-state index contributed by atoms with van der Waals surface area (Å²) in [6.07, 6.45) is 2.66. The zero-order valence-corrected chi connectivity index (χ0v) is 6.81. The van der Waals surface area contributed by atoms with Gasteiger partial charge in [-0.2, -0.15) is 0 Å². The SMILES string of the molecule is CCc1cnc(C)nc1Cl. The largest absolute Gasteiger partial charge is 0.241 e. The van der Waals surface area contributed by atoms with Gasteiger partial charge in [0.1, 0.15) is 11.0 Å². The third kappa shape index (κ3) is 1.45. The first-order valence-corrected chi connectivity index (χ1v) is 3.60. The molecule has 10 heavy (non-hydrogen) atoms. The van der Waals surface area contributed by atoms with Crippen molar-refractivity contribution in [1.29, 1.82) is 0 Å². The first-order chi connectivity index (χ1) is 4.74. The normalized spacial score (nSPS) is 9.90. The molecule has 0 spiro atoms. The molecule has 0 aliphatic rings. The van der Waals surface area contributed by atoms with Crippen molar-refractivity contribution in [2.75, 3.05) is 0 Å². The fourth-order valence-corrected chi connectivity index (χ4v) is 1.01. The fraction of sp³-hybridized carbons (Fsp3) is 0.429. The third-order valence-electron chi connectivity index (χ3n) is 1.31. The molecule has 0 saturated carbocycles. The van der Waals surface area contributed by atoms with Crippen LogP contribution in [0, 0.1) is 6.92 Å². The molecule has 0 aliphatic heterocycles. The van der Waals surface area contributed by atoms with E-state index < -0.39 is 0 Å². The Kier molecular flexibility index (Phi) is 2.22. The highest BCUT2D eigenvalue weighted by Gasteiger charge is 1.98. The molecule has 1 aromatic heterocycles. The molecule has 2 nitrogen and oxygen atoms in total. The molecule has 1 heterocycles. The van der Waals surface area contributed by atoms with Crippen LogP contribution in [0.1, 0.15) is 18.3 Å². The van der Waals surface area contributed by atoms with Gasteiger partial charge in [-0.1, -0.05) is 18.5 Å². The van der Waals surface area contributed by atoms with Crippen molar-refractivity contribution in [3.8, 4) is 0 Å². The number of hydrogen-bond acceptors (Lipinski definition) is 2. The van der Waals surface area contributed by atoms with E-state index in [2.05, 4.69) is 9.97 Å². The Hall–Kier alpha value is -0.630. The molecule has 54 valence electrons. The molecule has 0 aliphatic carbocycles. The monoisotopic (exact) mass is 156 g/mol. The lowest BCUT2D eigenvalue weighted by molar-refractivity contribution is 0.990. The maximum absolute atomic E-state index is 5.78. The standard InChI is InChI=1S/C7H9ClN2/c1-3-6-4-9-5(2)10-7(6)8/h4H,3H2,1-2H3. The summed E-state index contributed by atoms with van der Waals surface area (Å²) in [7, 11) is 0. The fourth-order valence-electron chi connectivity index (χ4n) is 0.704. The van der Waals surface area contributed by atoms with Gasteiger partial charge in [0.2, 0.25) is 0 Å². The second kappa shape index (κ2) is 2.97. The molecule has 0 unspecified atom stereocenters. The molecule has 0 aromatic carbocycles. The van der Waals surface area contributed by atoms with Crippen LogP contribution in [0.3, 0.4) is 0 Å². The van der Waals surface area contributed by atoms with E-state index in [0.29, 0.717) is 5.15 Å². The van der Waals surface area contributed by atoms with Gasteiger partial charge in [0.15, 0.2) is 0 Å². The van der Waals surface area contributed by atoms with Crippen molar-refractivity contribution in [3.05, 3.63) is 22.7 Å². The van der Waals surface area contributed by atoms with Crippen molar-refractivity contribution < 1.29 is 0 Å². The molecule has 0 radical (unpaired) electrons. The predicted octanol–water partition coefficient (Wildman–Crippen LogP) is 2.00. The zero-order valence-electron chi connectivity index (χ0n) is 6.06. The summed E-state index contributed by atoms with van der Waals surface area (Å²) in [5.41, 5.74) is 1.01. The molecular weight excluding hydrogens is 148 g/mol. The highest BCUT2D eigenvalue weighted by Crippen LogP contribution is 2.11. The highest BCUT2D eigenvalue weighted by molar-refractivity contribution is 6.30. The maximum atomic E-state index is 5.78. The van der Waals surface area contributed by atoms with Crippen LogP contribution in [0.2, 0.25) is 5.15 Å². The lowest BCUT2D eigenvalue weighted by Crippen LogP contribution is -1.92. The number of aromatic nitrogens is 2. The number of nitrogens with zero attached hydrogens (tertiary/aromatic N) is 2. The van der Waals surface area contributed by atoms with Crippen LogP contribution in [-0.2, 0) is 6.42 Å². The molecular formula is C7H9ClN2. The Morgan fingerprint density at radius 1 is 1.60 bits per heavy atom. The van der Waals surface area contributed by atoms with Crippen LogP contribution >= 0.6 is 11.6 Å². The molecule has 0 bridgehead atoms. The summed E-state index contributed by atoms with van der Waals surface area (Å²) < 4.78 is 0. The first kappa shape index (κ1) is 7.48. The minimum atomic E-state index is 0.579. The Balaban J connectivity index is 3.07. The summed E-state index contributed by atoms with van der Waals surface area (Å²) >= 11 is 5.78. The number of aryl methyl sites for hydroxylation is 2. The van der Waals surface area contributed by atoms with E-state index in [0.717, 1.165) is 17.8 Å². The van der Waals surface area contributed by atoms with Gasteiger partial charge in [0.25, 0.3) is 0 Å². The van der Waals surface area contributed by atoms with E-state index in [4.69, 9.17) is 11.6 Å². The summed E-state index contributed by atoms with van der Waals surface area (Å²) in [5, 5.41) is 0.579. The van der Waals surface area contributed by atoms with E-state index in [9.17, 15) is 0 Å². The number of rotatable bonds is 1. The van der Waals surface area contributed by atoms with Gasteiger partial charge in [0, 0.05) is 11.8 Å². The van der Waals surface area contributed by atoms with Crippen molar-refractivity contribution in [3.63, 3.8) is 0 Å². The van der Waals surface area contributed by atoms with Gasteiger partial charge in [-0.25, -0.2) is 9.97 Å². The molecule has 3 heteroatoms. The molecule has 0 fully saturated rings. The molecule has 0 atom stereocenters. The van der Waals surface area contributed by atoms with Crippen molar-refractivity contribution in [2.45, 2.75) is 20.3 Å². The van der Waals surface area contributed by atoms with Crippen LogP contribution in [-0.4, -0.2) is 9.97 Å². The summed E-state index contributed by atoms with van der Waals surface area (Å²) in [4.78, 5) is 8.01. The predicted molar refractivity (Wildman–Crippen MR) is 41.2 cm³/mol. The Bertz CT molecular complexity index is 235. The lowest BCUT2D eigenvalue weighted by atomic mass is 10.3. The molecule has 0 saturated heterocycles. The van der Waals surface area contributed by atoms with E-state index in [1.807, 2.05) is 13.8 Å². The highest BCUT2D eigenvalue weighted by atomic mass is 35.5. The lowest BCUT2D eigenvalue weighted by Gasteiger charge is -1.98. The minimum Gasteiger partial charge on any atom is -0.241 e. The van der Waals surface area contributed by atoms with E-state index in [1.165, 1.54) is 0 Å². The topological polar surface area (TPSA) is 25.8 Å². The van der Waals surface area contributed by atoms with Crippen LogP contribution in [0.25, 0.3) is 0 Å². The van der Waals surface area contributed by atoms with Crippen molar-refractivity contribution in [2.24, 2.45) is 0 Å². The van der Waals surface area contributed by atoms with E-state index in [-0.39, 0.29) is 0 Å². The van der Waals surface area contributed by atoms with Crippen LogP contribution in [0.4, 0.5) is 0 Å². The minimum absolute atomic E-state index is 0.579. The van der Waals surface area contributed by atoms with Gasteiger partial charge in [0.05, 0.1) is 0 Å². The van der Waals surface area contributed by atoms with Crippen molar-refractivity contribution in [1.82, 2.24) is 9.97 Å². The smallest absolute Gasteiger partial charge is 0.135 e. The third-order valence-corrected chi connectivity index (χ3v) is 1.64. The number of hydrogen-bond donors (Lipinski definition) is 0. The molecule has 0 N–H and O–H groups in total. The summed E-state index contributed by atoms with van der Waals surface area (Å²) in [6, 6.07) is 0. The quantitative estimate of drug-likeness (QED) is 0.582. The molecule has 1 aromatic rings. The average molecular weight is 157 g/mol. The van der Waals surface area contributed by atoms with Crippen LogP contribution in [0.15, 0.2) is 6.20 Å². The van der Waals surface area contributed by atoms with Gasteiger partial charge >= 0.3 is 0 Å². The second-order valence-corrected chi connectivity index (χ2v) is 2.44. The molecule has 1 rings (SSSR count). The van der Waals surface area contributed by atoms with Crippen LogP contribution in [0.5, 0.6) is 0 Å². The van der Waals surface area contributed by atoms with Gasteiger partial charge in [-0.05, 0) is 13.3 Å². The Morgan fingerprint density at radius 3 is 2.80 bits per heavy atom. The van der Waals surface area contributed by atoms with Gasteiger partial charge in [-0.15, -0.1) is 0 Å². The Labute approximate surface area is 65.3 Å². The van der Waals surface area contributed by atoms with Gasteiger partial charge in [-0.3, -0.25) is 0 Å². The maximum Gasteiger partial charge on any atom is 0.135 e. The second-order valence-electron chi connectivity index (χ2n) is 2.09. The summed E-state index contributed by atoms with van der Waals surface area (Å²) in [6.45, 7) is 3.85. The Morgan fingerprint density at radius 2 is 2.30 bits per heavy atom. The average Bonchev–Trinajstić information content (AvgIpc) is 1.88. The van der Waals surface area contributed by atoms with E-state index >= 15 is 0 Å². The van der Waals surface area contributed by atoms with Crippen LogP contribution < -0.4 is 0 Å². The molecule has 0 amide bonds.